The van der Waals surface area contributed by atoms with Crippen molar-refractivity contribution in [3.8, 4) is 0 Å². The van der Waals surface area contributed by atoms with E-state index in [4.69, 9.17) is 15.2 Å². The lowest BCUT2D eigenvalue weighted by Crippen LogP contribution is -2.46. The van der Waals surface area contributed by atoms with Crippen molar-refractivity contribution in [1.82, 2.24) is 5.32 Å². The molecule has 1 unspecified atom stereocenters. The van der Waals surface area contributed by atoms with Crippen LogP contribution in [0.5, 0.6) is 0 Å². The van der Waals surface area contributed by atoms with Crippen LogP contribution in [0.2, 0.25) is 0 Å². The first-order valence-electron chi connectivity index (χ1n) is 7.18. The Balaban J connectivity index is 2.35. The normalized spacial score (nSPS) is 12.5. The largest absolute Gasteiger partial charge is 0.444 e. The molecule has 0 heterocycles. The lowest BCUT2D eigenvalue weighted by atomic mass is 10.2. The van der Waals surface area contributed by atoms with E-state index in [9.17, 15) is 9.59 Å². The third kappa shape index (κ3) is 7.64. The predicted molar refractivity (Wildman–Crippen MR) is 83.1 cm³/mol. The number of nitrogens with two attached hydrogens (primary N) is 1. The lowest BCUT2D eigenvalue weighted by Gasteiger charge is -2.22. The van der Waals surface area contributed by atoms with Gasteiger partial charge in [-0.15, -0.1) is 0 Å². The Morgan fingerprint density at radius 1 is 1.23 bits per heavy atom. The van der Waals surface area contributed by atoms with E-state index in [1.807, 2.05) is 30.3 Å². The van der Waals surface area contributed by atoms with Gasteiger partial charge in [0.2, 0.25) is 5.91 Å². The second-order valence-electron chi connectivity index (χ2n) is 5.93. The predicted octanol–water partition coefficient (Wildman–Crippen LogP) is 1.97. The molecule has 1 aromatic rings. The fourth-order valence-corrected chi connectivity index (χ4v) is 1.70. The highest BCUT2D eigenvalue weighted by Crippen LogP contribution is 2.07. The standard InChI is InChI=1S/C16H24N2O4/c1-16(2,3)22-15(20)18-13(14(17)19)9-10-21-11-12-7-5-4-6-8-12/h4-8,13H,9-11H2,1-3H3,(H2,17,19)(H,18,20). The number of hydrogen-bond acceptors (Lipinski definition) is 4. The first kappa shape index (κ1) is 18.0. The van der Waals surface area contributed by atoms with Gasteiger partial charge >= 0.3 is 6.09 Å². The average molecular weight is 308 g/mol. The Kier molecular flexibility index (Phi) is 6.85. The number of hydrogen-bond donors (Lipinski definition) is 2. The van der Waals surface area contributed by atoms with Crippen LogP contribution < -0.4 is 11.1 Å². The Bertz CT molecular complexity index is 483. The summed E-state index contributed by atoms with van der Waals surface area (Å²) in [6, 6.07) is 8.86. The number of carbonyl (C=O) groups is 2. The van der Waals surface area contributed by atoms with Gasteiger partial charge in [0.15, 0.2) is 0 Å². The van der Waals surface area contributed by atoms with Crippen LogP contribution in [-0.4, -0.2) is 30.3 Å². The number of carbonyl (C=O) groups excluding carboxylic acids is 2. The molecule has 0 radical (unpaired) electrons. The van der Waals surface area contributed by atoms with Crippen LogP contribution in [0.25, 0.3) is 0 Å². The molecule has 22 heavy (non-hydrogen) atoms. The van der Waals surface area contributed by atoms with Gasteiger partial charge < -0.3 is 20.5 Å². The summed E-state index contributed by atoms with van der Waals surface area (Å²) in [6.45, 7) is 5.98. The molecular formula is C16H24N2O4. The number of amides is 2. The average Bonchev–Trinajstić information content (AvgIpc) is 2.41. The maximum absolute atomic E-state index is 11.6. The number of benzene rings is 1. The first-order chi connectivity index (χ1) is 10.3. The molecule has 3 N–H and O–H groups in total. The monoisotopic (exact) mass is 308 g/mol. The van der Waals surface area contributed by atoms with Gasteiger partial charge in [0.25, 0.3) is 0 Å². The van der Waals surface area contributed by atoms with Crippen molar-refractivity contribution in [3.63, 3.8) is 0 Å². The van der Waals surface area contributed by atoms with Gasteiger partial charge in [-0.25, -0.2) is 4.79 Å². The van der Waals surface area contributed by atoms with E-state index in [2.05, 4.69) is 5.32 Å². The minimum absolute atomic E-state index is 0.293. The van der Waals surface area contributed by atoms with Gasteiger partial charge in [0.05, 0.1) is 6.61 Å². The number of alkyl carbamates (subject to hydrolysis) is 1. The van der Waals surface area contributed by atoms with Gasteiger partial charge in [-0.3, -0.25) is 4.79 Å². The smallest absolute Gasteiger partial charge is 0.408 e. The molecule has 0 bridgehead atoms. The zero-order chi connectivity index (χ0) is 16.6. The van der Waals surface area contributed by atoms with Crippen LogP contribution in [-0.2, 0) is 20.9 Å². The molecule has 122 valence electrons. The Labute approximate surface area is 131 Å². The van der Waals surface area contributed by atoms with Crippen molar-refractivity contribution in [3.05, 3.63) is 35.9 Å². The summed E-state index contributed by atoms with van der Waals surface area (Å²) >= 11 is 0. The summed E-state index contributed by atoms with van der Waals surface area (Å²) in [4.78, 5) is 23.0. The van der Waals surface area contributed by atoms with Gasteiger partial charge in [-0.05, 0) is 26.3 Å². The molecule has 0 saturated heterocycles. The van der Waals surface area contributed by atoms with Crippen molar-refractivity contribution < 1.29 is 19.1 Å². The summed E-state index contributed by atoms with van der Waals surface area (Å²) in [7, 11) is 0. The number of ether oxygens (including phenoxy) is 2. The lowest BCUT2D eigenvalue weighted by molar-refractivity contribution is -0.120. The maximum atomic E-state index is 11.6. The molecular weight excluding hydrogens is 284 g/mol. The molecule has 6 nitrogen and oxygen atoms in total. The van der Waals surface area contributed by atoms with Crippen LogP contribution in [0.4, 0.5) is 4.79 Å². The van der Waals surface area contributed by atoms with Crippen molar-refractivity contribution in [2.24, 2.45) is 5.73 Å². The Hall–Kier alpha value is -2.08. The highest BCUT2D eigenvalue weighted by atomic mass is 16.6. The molecule has 0 saturated carbocycles. The molecule has 1 aromatic carbocycles. The molecule has 6 heteroatoms. The fourth-order valence-electron chi connectivity index (χ4n) is 1.70. The third-order valence-corrected chi connectivity index (χ3v) is 2.70. The van der Waals surface area contributed by atoms with E-state index < -0.39 is 23.6 Å². The molecule has 2 amide bonds. The quantitative estimate of drug-likeness (QED) is 0.753. The topological polar surface area (TPSA) is 90.7 Å². The van der Waals surface area contributed by atoms with Crippen molar-refractivity contribution >= 4 is 12.0 Å². The van der Waals surface area contributed by atoms with E-state index >= 15 is 0 Å². The summed E-state index contributed by atoms with van der Waals surface area (Å²) in [6.07, 6.45) is -0.374. The fraction of sp³-hybridized carbons (Fsp3) is 0.500. The van der Waals surface area contributed by atoms with Crippen LogP contribution in [0.1, 0.15) is 32.8 Å². The second kappa shape index (κ2) is 8.38. The zero-order valence-corrected chi connectivity index (χ0v) is 13.3. The van der Waals surface area contributed by atoms with Crippen molar-refractivity contribution in [1.29, 1.82) is 0 Å². The highest BCUT2D eigenvalue weighted by molar-refractivity contribution is 5.84. The van der Waals surface area contributed by atoms with Gasteiger partial charge in [0, 0.05) is 13.0 Å². The molecule has 1 rings (SSSR count). The van der Waals surface area contributed by atoms with Gasteiger partial charge in [-0.1, -0.05) is 30.3 Å². The Morgan fingerprint density at radius 2 is 1.86 bits per heavy atom. The summed E-state index contributed by atoms with van der Waals surface area (Å²) in [5.41, 5.74) is 5.69. The molecule has 0 fully saturated rings. The van der Waals surface area contributed by atoms with Gasteiger partial charge in [-0.2, -0.15) is 0 Å². The van der Waals surface area contributed by atoms with E-state index in [1.165, 1.54) is 0 Å². The third-order valence-electron chi connectivity index (χ3n) is 2.70. The molecule has 0 aliphatic carbocycles. The minimum atomic E-state index is -0.814. The zero-order valence-electron chi connectivity index (χ0n) is 13.3. The van der Waals surface area contributed by atoms with Crippen molar-refractivity contribution in [2.45, 2.75) is 45.4 Å². The van der Waals surface area contributed by atoms with Crippen LogP contribution >= 0.6 is 0 Å². The number of primary amides is 1. The summed E-state index contributed by atoms with van der Waals surface area (Å²) in [5.74, 6) is -0.617. The van der Waals surface area contributed by atoms with E-state index in [0.717, 1.165) is 5.56 Å². The molecule has 0 aliphatic heterocycles. The molecule has 0 aliphatic rings. The van der Waals surface area contributed by atoms with E-state index in [-0.39, 0.29) is 0 Å². The molecule has 0 aromatic heterocycles. The van der Waals surface area contributed by atoms with Crippen LogP contribution in [0.15, 0.2) is 30.3 Å². The molecule has 0 spiro atoms. The number of nitrogens with one attached hydrogen (secondary N) is 1. The first-order valence-corrected chi connectivity index (χ1v) is 7.18. The SMILES string of the molecule is CC(C)(C)OC(=O)NC(CCOCc1ccccc1)C(N)=O. The van der Waals surface area contributed by atoms with E-state index in [0.29, 0.717) is 19.6 Å². The number of rotatable bonds is 7. The Morgan fingerprint density at radius 3 is 2.41 bits per heavy atom. The van der Waals surface area contributed by atoms with E-state index in [1.54, 1.807) is 20.8 Å². The van der Waals surface area contributed by atoms with Crippen LogP contribution in [0, 0.1) is 0 Å². The highest BCUT2D eigenvalue weighted by Gasteiger charge is 2.22. The second-order valence-corrected chi connectivity index (χ2v) is 5.93. The minimum Gasteiger partial charge on any atom is -0.444 e. The van der Waals surface area contributed by atoms with Crippen molar-refractivity contribution in [2.75, 3.05) is 6.61 Å². The maximum Gasteiger partial charge on any atom is 0.408 e. The summed E-state index contributed by atoms with van der Waals surface area (Å²) in [5, 5.41) is 2.46. The van der Waals surface area contributed by atoms with Crippen LogP contribution in [0.3, 0.4) is 0 Å². The molecule has 1 atom stereocenters. The van der Waals surface area contributed by atoms with Gasteiger partial charge in [0.1, 0.15) is 11.6 Å². The summed E-state index contributed by atoms with van der Waals surface area (Å²) < 4.78 is 10.6.